The van der Waals surface area contributed by atoms with Crippen molar-refractivity contribution in [3.05, 3.63) is 247 Å². The lowest BCUT2D eigenvalue weighted by molar-refractivity contribution is -0.595. The Hall–Kier alpha value is -8.45. The highest BCUT2D eigenvalue weighted by Gasteiger charge is 2.72. The van der Waals surface area contributed by atoms with Gasteiger partial charge >= 0.3 is 11.4 Å². The molecule has 3 N–H and O–H groups in total. The maximum Gasteiger partial charge on any atom is 0.335 e. The predicted octanol–water partition coefficient (Wildman–Crippen LogP) is 13.0. The summed E-state index contributed by atoms with van der Waals surface area (Å²) in [6, 6.07) is 53.1. The van der Waals surface area contributed by atoms with E-state index in [2.05, 4.69) is 134 Å². The van der Waals surface area contributed by atoms with Gasteiger partial charge in [0.05, 0.1) is 22.4 Å². The molecule has 8 atom stereocenters. The molecule has 2 spiro atoms. The molecule has 89 heavy (non-hydrogen) atoms. The van der Waals surface area contributed by atoms with E-state index in [4.69, 9.17) is 22.3 Å². The van der Waals surface area contributed by atoms with Gasteiger partial charge in [-0.2, -0.15) is 0 Å². The Kier molecular flexibility index (Phi) is 15.5. The number of imidazole rings is 3. The molecule has 6 fully saturated rings. The fourth-order valence-corrected chi connectivity index (χ4v) is 16.7. The van der Waals surface area contributed by atoms with Gasteiger partial charge in [-0.25, -0.2) is 37.8 Å². The standard InChI is InChI=1S/C27H26N4O.C21H20ClN3O.C21H25N2.C6H7N.ClH/c1-17-7-9-20(10-8-17)30-25-22(11-12-24(29-25)28-19-5-3-2-4-6-19)31(26(30)32)23-15-18-13-14-27(18)16-21(23)27;1-12-2-4-14(5-3-12)24-19-16(6-7-18(22)23-19)25(20(24)26)17-10-13-8-9-21(13)11-15(17)21;1-14-9-16(3)20(17(4)10-14)22-7-8-23(13-22)21-18(5)11-15(2)12-19(21)6;7-6-4-2-1-3-5-6;/h2-12,18,21,23H,13-16H2,1H3,(H,28,29);2-7,13,15,17H,8-11H2,1H3;7-13H,1-6H3;1-5H,7H2;1H/q;;+1;;/p-1. The Morgan fingerprint density at radius 3 is 1.47 bits per heavy atom. The van der Waals surface area contributed by atoms with Gasteiger partial charge in [-0.15, -0.1) is 0 Å². The number of halogens is 2. The first-order valence-corrected chi connectivity index (χ1v) is 31.8. The van der Waals surface area contributed by atoms with Crippen molar-refractivity contribution in [2.75, 3.05) is 11.1 Å². The number of nitrogen functional groups attached to an aromatic ring is 1. The number of nitrogens with zero attached hydrogens (tertiary/aromatic N) is 8. The molecule has 5 aromatic heterocycles. The third-order valence-electron chi connectivity index (χ3n) is 20.8. The normalized spacial score (nSPS) is 22.7. The van der Waals surface area contributed by atoms with E-state index >= 15 is 0 Å². The number of aromatic nitrogens is 8. The summed E-state index contributed by atoms with van der Waals surface area (Å²) in [4.78, 5) is 36.9. The molecule has 5 heterocycles. The average Bonchev–Trinajstić information content (AvgIpc) is 1.52. The highest BCUT2D eigenvalue weighted by atomic mass is 35.5. The molecule has 6 aliphatic rings. The summed E-state index contributed by atoms with van der Waals surface area (Å²) in [5.41, 5.74) is 26.1. The lowest BCUT2D eigenvalue weighted by Gasteiger charge is -2.33. The van der Waals surface area contributed by atoms with Gasteiger partial charge in [-0.3, -0.25) is 9.13 Å². The molecule has 0 amide bonds. The molecular formula is C75H78Cl2N10O2. The third-order valence-corrected chi connectivity index (χ3v) is 21.0. The van der Waals surface area contributed by atoms with Crippen LogP contribution in [0.15, 0.2) is 186 Å². The van der Waals surface area contributed by atoms with Gasteiger partial charge in [0.15, 0.2) is 11.3 Å². The van der Waals surface area contributed by atoms with E-state index in [0.29, 0.717) is 45.5 Å². The summed E-state index contributed by atoms with van der Waals surface area (Å²) in [5, 5.41) is 3.81. The number of rotatable bonds is 8. The van der Waals surface area contributed by atoms with E-state index in [0.717, 1.165) is 69.9 Å². The molecule has 11 aromatic rings. The molecule has 6 aliphatic carbocycles. The molecule has 6 aromatic carbocycles. The first kappa shape index (κ1) is 59.5. The Bertz CT molecular complexity index is 4480. The number of nitrogens with one attached hydrogen (secondary N) is 1. The van der Waals surface area contributed by atoms with Crippen molar-refractivity contribution in [3.63, 3.8) is 0 Å². The summed E-state index contributed by atoms with van der Waals surface area (Å²) >= 11 is 6.18. The van der Waals surface area contributed by atoms with Gasteiger partial charge in [-0.1, -0.05) is 119 Å². The topological polar surface area (TPSA) is 126 Å². The largest absolute Gasteiger partial charge is 1.00 e. The Morgan fingerprint density at radius 2 is 1.03 bits per heavy atom. The zero-order valence-electron chi connectivity index (χ0n) is 52.1. The van der Waals surface area contributed by atoms with Gasteiger partial charge in [0.25, 0.3) is 6.33 Å². The van der Waals surface area contributed by atoms with Crippen molar-refractivity contribution in [3.8, 4) is 22.7 Å². The highest BCUT2D eigenvalue weighted by molar-refractivity contribution is 6.29. The van der Waals surface area contributed by atoms with Crippen LogP contribution < -0.4 is 39.4 Å². The first-order valence-electron chi connectivity index (χ1n) is 31.4. The molecule has 0 saturated heterocycles. The quantitative estimate of drug-likeness (QED) is 0.0886. The van der Waals surface area contributed by atoms with Gasteiger partial charge in [0.2, 0.25) is 0 Å². The van der Waals surface area contributed by atoms with Crippen molar-refractivity contribution in [2.45, 2.75) is 119 Å². The number of nitrogens with two attached hydrogens (primary N) is 1. The van der Waals surface area contributed by atoms with Crippen molar-refractivity contribution in [1.29, 1.82) is 0 Å². The summed E-state index contributed by atoms with van der Waals surface area (Å²) in [5.74, 6) is 3.72. The number of para-hydroxylation sites is 2. The van der Waals surface area contributed by atoms with E-state index in [-0.39, 0.29) is 23.8 Å². The minimum absolute atomic E-state index is 0. The Labute approximate surface area is 532 Å². The van der Waals surface area contributed by atoms with Crippen LogP contribution in [-0.2, 0) is 0 Å². The molecular weight excluding hydrogens is 1140 g/mol. The van der Waals surface area contributed by atoms with Crippen LogP contribution in [0.4, 0.5) is 17.2 Å². The SMILES string of the molecule is Cc1cc(C)c(-n2cc[n+](-c3c(C)cc(C)cc3C)c2)c(C)c1.Cc1ccc(-n2c(=O)n(C3CC4CCC45CC35)c3ccc(Cl)nc32)cc1.Cc1ccc(-n2c(=O)n(C3CC4CCC45CC35)c3ccc(Nc4ccccc4)nc32)cc1.Nc1ccccc1.[Cl-]. The van der Waals surface area contributed by atoms with Crippen LogP contribution in [-0.4, -0.2) is 32.8 Å². The molecule has 454 valence electrons. The molecule has 17 rings (SSSR count). The van der Waals surface area contributed by atoms with Gasteiger partial charge in [0, 0.05) is 23.5 Å². The molecule has 0 radical (unpaired) electrons. The summed E-state index contributed by atoms with van der Waals surface area (Å²) < 4.78 is 12.1. The minimum Gasteiger partial charge on any atom is -1.00 e. The molecule has 6 saturated carbocycles. The van der Waals surface area contributed by atoms with Crippen LogP contribution in [0.2, 0.25) is 5.15 Å². The number of hydrogen-bond acceptors (Lipinski definition) is 6. The van der Waals surface area contributed by atoms with Crippen molar-refractivity contribution in [2.24, 2.45) is 34.5 Å². The van der Waals surface area contributed by atoms with E-state index < -0.39 is 0 Å². The van der Waals surface area contributed by atoms with E-state index in [1.54, 1.807) is 15.2 Å². The predicted molar refractivity (Wildman–Crippen MR) is 355 cm³/mol. The smallest absolute Gasteiger partial charge is 0.335 e. The maximum atomic E-state index is 13.9. The zero-order chi connectivity index (χ0) is 60.9. The lowest BCUT2D eigenvalue weighted by Crippen LogP contribution is -3.00. The van der Waals surface area contributed by atoms with Crippen LogP contribution >= 0.6 is 11.6 Å². The fourth-order valence-electron chi connectivity index (χ4n) is 16.5. The zero-order valence-corrected chi connectivity index (χ0v) is 53.6. The number of pyridine rings is 2. The second kappa shape index (κ2) is 23.2. The Balaban J connectivity index is 0.000000117. The molecule has 0 bridgehead atoms. The molecule has 14 heteroatoms. The van der Waals surface area contributed by atoms with E-state index in [9.17, 15) is 9.59 Å². The van der Waals surface area contributed by atoms with Crippen LogP contribution in [0, 0.1) is 89.9 Å². The maximum absolute atomic E-state index is 13.9. The van der Waals surface area contributed by atoms with Crippen molar-refractivity contribution in [1.82, 2.24) is 32.8 Å². The van der Waals surface area contributed by atoms with E-state index in [1.807, 2.05) is 121 Å². The van der Waals surface area contributed by atoms with Gasteiger partial charge in [-0.05, 0) is 236 Å². The second-order valence-corrected chi connectivity index (χ2v) is 26.8. The van der Waals surface area contributed by atoms with E-state index in [1.165, 1.54) is 94.4 Å². The highest BCUT2D eigenvalue weighted by Crippen LogP contribution is 2.80. The van der Waals surface area contributed by atoms with Crippen LogP contribution in [0.25, 0.3) is 45.1 Å². The monoisotopic (exact) mass is 1220 g/mol. The van der Waals surface area contributed by atoms with Crippen LogP contribution in [0.1, 0.15) is 108 Å². The number of fused-ring (bicyclic) bond motifs is 2. The van der Waals surface area contributed by atoms with Gasteiger partial charge < -0.3 is 23.5 Å². The first-order chi connectivity index (χ1) is 42.5. The number of benzene rings is 6. The molecule has 0 aliphatic heterocycles. The summed E-state index contributed by atoms with van der Waals surface area (Å²) in [6.07, 6.45) is 16.7. The van der Waals surface area contributed by atoms with Crippen LogP contribution in [0.5, 0.6) is 0 Å². The minimum atomic E-state index is 0. The number of aryl methyl sites for hydroxylation is 8. The number of anilines is 3. The molecule has 8 unspecified atom stereocenters. The van der Waals surface area contributed by atoms with Crippen LogP contribution in [0.3, 0.4) is 0 Å². The fraction of sp³-hybridized carbons (Fsp3) is 0.320. The summed E-state index contributed by atoms with van der Waals surface area (Å²) in [7, 11) is 0. The van der Waals surface area contributed by atoms with Crippen molar-refractivity contribution >= 4 is 51.1 Å². The lowest BCUT2D eigenvalue weighted by atomic mass is 9.71. The summed E-state index contributed by atoms with van der Waals surface area (Å²) in [6.45, 7) is 17.1. The average molecular weight is 1220 g/mol. The third kappa shape index (κ3) is 10.6. The molecule has 12 nitrogen and oxygen atoms in total. The number of hydrogen-bond donors (Lipinski definition) is 2. The van der Waals surface area contributed by atoms with Crippen molar-refractivity contribution < 1.29 is 17.0 Å². The van der Waals surface area contributed by atoms with Gasteiger partial charge in [0.1, 0.15) is 34.7 Å². The second-order valence-electron chi connectivity index (χ2n) is 26.5. The Morgan fingerprint density at radius 1 is 0.562 bits per heavy atom.